The summed E-state index contributed by atoms with van der Waals surface area (Å²) in [5.74, 6) is -2.16. The Labute approximate surface area is 151 Å². The highest BCUT2D eigenvalue weighted by Gasteiger charge is 2.54. The van der Waals surface area contributed by atoms with E-state index < -0.39 is 5.79 Å². The van der Waals surface area contributed by atoms with Crippen molar-refractivity contribution < 1.29 is 14.6 Å². The van der Waals surface area contributed by atoms with Crippen molar-refractivity contribution in [1.82, 2.24) is 0 Å². The Bertz CT molecular complexity index is 625. The van der Waals surface area contributed by atoms with Crippen molar-refractivity contribution in [2.45, 2.75) is 70.7 Å². The fraction of sp³-hybridized carbons (Fsp3) is 0.591. The summed E-state index contributed by atoms with van der Waals surface area (Å²) in [7, 11) is 0. The molecule has 0 saturated heterocycles. The lowest BCUT2D eigenvalue weighted by Crippen LogP contribution is -2.56. The number of allylic oxidation sites excluding steroid dienone is 4. The summed E-state index contributed by atoms with van der Waals surface area (Å²) in [4.78, 5) is 12.5. The fourth-order valence-corrected chi connectivity index (χ4v) is 4.12. The number of rotatable bonds is 7. The van der Waals surface area contributed by atoms with E-state index in [2.05, 4.69) is 25.2 Å². The molecule has 136 valence electrons. The Hall–Kier alpha value is -1.45. The van der Waals surface area contributed by atoms with Crippen molar-refractivity contribution >= 4 is 5.78 Å². The van der Waals surface area contributed by atoms with Crippen LogP contribution in [-0.4, -0.2) is 22.8 Å². The normalized spacial score (nSPS) is 34.0. The number of ketones is 1. The van der Waals surface area contributed by atoms with Gasteiger partial charge in [0, 0.05) is 5.92 Å². The van der Waals surface area contributed by atoms with E-state index in [1.165, 1.54) is 32.1 Å². The zero-order valence-corrected chi connectivity index (χ0v) is 15.4. The van der Waals surface area contributed by atoms with Crippen LogP contribution in [0, 0.1) is 11.8 Å². The van der Waals surface area contributed by atoms with Crippen molar-refractivity contribution in [3.05, 3.63) is 47.6 Å². The number of fused-ring (bicyclic) bond motifs is 3. The average molecular weight is 342 g/mol. The second-order valence-electron chi connectivity index (χ2n) is 7.56. The predicted octanol–water partition coefficient (Wildman–Crippen LogP) is 4.64. The molecule has 3 aliphatic rings. The summed E-state index contributed by atoms with van der Waals surface area (Å²) in [6.07, 6.45) is 19.7. The number of aliphatic hydroxyl groups is 1. The van der Waals surface area contributed by atoms with Gasteiger partial charge in [-0.2, -0.15) is 0 Å². The summed E-state index contributed by atoms with van der Waals surface area (Å²) in [5, 5.41) is 11.0. The lowest BCUT2D eigenvalue weighted by molar-refractivity contribution is -0.237. The maximum Gasteiger partial charge on any atom is 0.238 e. The van der Waals surface area contributed by atoms with Gasteiger partial charge in [-0.25, -0.2) is 0 Å². The van der Waals surface area contributed by atoms with Gasteiger partial charge in [0.15, 0.2) is 0 Å². The highest BCUT2D eigenvalue weighted by atomic mass is 16.6. The van der Waals surface area contributed by atoms with Gasteiger partial charge in [-0.1, -0.05) is 63.0 Å². The molecule has 0 spiro atoms. The number of carbonyl (C=O) groups excluding carboxylic acids is 1. The molecule has 1 N–H and O–H groups in total. The first-order valence-corrected chi connectivity index (χ1v) is 9.74. The smallest absolute Gasteiger partial charge is 0.238 e. The lowest BCUT2D eigenvalue weighted by Gasteiger charge is -2.44. The molecule has 0 amide bonds. The minimum absolute atomic E-state index is 0.154. The van der Waals surface area contributed by atoms with E-state index in [4.69, 9.17) is 4.74 Å². The number of hydrogen-bond donors (Lipinski definition) is 1. The second kappa shape index (κ2) is 7.84. The number of unbranched alkanes of at least 4 members (excludes halogenated alkanes) is 5. The van der Waals surface area contributed by atoms with Gasteiger partial charge in [0.25, 0.3) is 0 Å². The van der Waals surface area contributed by atoms with Gasteiger partial charge in [0.05, 0.1) is 0 Å². The number of ether oxygens (including phenoxy) is 1. The van der Waals surface area contributed by atoms with Gasteiger partial charge < -0.3 is 9.84 Å². The van der Waals surface area contributed by atoms with Gasteiger partial charge in [0.1, 0.15) is 6.10 Å². The summed E-state index contributed by atoms with van der Waals surface area (Å²) in [6, 6.07) is 0. The van der Waals surface area contributed by atoms with Gasteiger partial charge in [0.2, 0.25) is 11.6 Å². The first kappa shape index (κ1) is 18.3. The fourth-order valence-electron chi connectivity index (χ4n) is 4.12. The van der Waals surface area contributed by atoms with Gasteiger partial charge >= 0.3 is 0 Å². The average Bonchev–Trinajstić information content (AvgIpc) is 3.04. The molecule has 1 aliphatic heterocycles. The van der Waals surface area contributed by atoms with Crippen molar-refractivity contribution in [1.29, 1.82) is 0 Å². The zero-order valence-electron chi connectivity index (χ0n) is 15.4. The van der Waals surface area contributed by atoms with Crippen LogP contribution in [0.25, 0.3) is 0 Å². The third-order valence-corrected chi connectivity index (χ3v) is 5.65. The van der Waals surface area contributed by atoms with Crippen LogP contribution in [0.2, 0.25) is 0 Å². The molecule has 0 saturated carbocycles. The largest absolute Gasteiger partial charge is 0.359 e. The molecule has 2 aliphatic carbocycles. The maximum absolute atomic E-state index is 12.5. The van der Waals surface area contributed by atoms with E-state index in [1.807, 2.05) is 19.1 Å². The predicted molar refractivity (Wildman–Crippen MR) is 99.9 cm³/mol. The molecule has 3 rings (SSSR count). The van der Waals surface area contributed by atoms with Gasteiger partial charge in [-0.05, 0) is 49.3 Å². The minimum Gasteiger partial charge on any atom is -0.359 e. The van der Waals surface area contributed by atoms with Crippen LogP contribution in [-0.2, 0) is 9.53 Å². The van der Waals surface area contributed by atoms with Crippen LogP contribution in [0.1, 0.15) is 58.8 Å². The van der Waals surface area contributed by atoms with E-state index in [0.717, 1.165) is 24.0 Å². The summed E-state index contributed by atoms with van der Waals surface area (Å²) >= 11 is 0. The second-order valence-corrected chi connectivity index (χ2v) is 7.56. The Kier molecular flexibility index (Phi) is 5.75. The van der Waals surface area contributed by atoms with Crippen LogP contribution in [0.5, 0.6) is 0 Å². The first-order valence-electron chi connectivity index (χ1n) is 9.74. The molecule has 1 heterocycles. The van der Waals surface area contributed by atoms with E-state index in [9.17, 15) is 9.90 Å². The van der Waals surface area contributed by atoms with Crippen molar-refractivity contribution in [2.24, 2.45) is 11.8 Å². The topological polar surface area (TPSA) is 46.5 Å². The molecular weight excluding hydrogens is 312 g/mol. The molecule has 3 nitrogen and oxygen atoms in total. The van der Waals surface area contributed by atoms with E-state index in [0.29, 0.717) is 0 Å². The van der Waals surface area contributed by atoms with Crippen LogP contribution in [0.4, 0.5) is 0 Å². The van der Waals surface area contributed by atoms with E-state index in [1.54, 1.807) is 6.08 Å². The summed E-state index contributed by atoms with van der Waals surface area (Å²) in [5.41, 5.74) is 2.10. The highest BCUT2D eigenvalue weighted by molar-refractivity contribution is 5.98. The molecule has 25 heavy (non-hydrogen) atoms. The van der Waals surface area contributed by atoms with Crippen LogP contribution >= 0.6 is 0 Å². The molecule has 4 atom stereocenters. The van der Waals surface area contributed by atoms with Gasteiger partial charge in [-0.3, -0.25) is 4.79 Å². The number of hydrogen-bond acceptors (Lipinski definition) is 3. The van der Waals surface area contributed by atoms with Crippen molar-refractivity contribution in [2.75, 3.05) is 0 Å². The molecule has 0 fully saturated rings. The Morgan fingerprint density at radius 1 is 1.32 bits per heavy atom. The molecule has 0 unspecified atom stereocenters. The van der Waals surface area contributed by atoms with E-state index in [-0.39, 0.29) is 23.7 Å². The minimum atomic E-state index is -1.71. The third-order valence-electron chi connectivity index (χ3n) is 5.65. The molecule has 0 bridgehead atoms. The summed E-state index contributed by atoms with van der Waals surface area (Å²) in [6.45, 7) is 4.25. The van der Waals surface area contributed by atoms with Crippen LogP contribution in [0.15, 0.2) is 47.6 Å². The molecule has 0 radical (unpaired) electrons. The Balaban J connectivity index is 1.64. The van der Waals surface area contributed by atoms with Crippen LogP contribution in [0.3, 0.4) is 0 Å². The standard InChI is InChI=1S/C22H30O3/c1-3-4-5-6-7-8-9-13-20-16(2)14-19-18-12-10-11-17(18)15-21(23)22(19,24)25-20/h9-11,13-15,18-20,24H,3-8,12H2,1-2H3/b13-9+/t18-,19+,20+,22-/m1/s1. The monoisotopic (exact) mass is 342 g/mol. The number of carbonyl (C=O) groups is 1. The van der Waals surface area contributed by atoms with E-state index >= 15 is 0 Å². The van der Waals surface area contributed by atoms with Gasteiger partial charge in [-0.15, -0.1) is 0 Å². The maximum atomic E-state index is 12.5. The first-order chi connectivity index (χ1) is 12.1. The highest BCUT2D eigenvalue weighted by Crippen LogP contribution is 2.46. The Morgan fingerprint density at radius 2 is 2.12 bits per heavy atom. The van der Waals surface area contributed by atoms with Crippen LogP contribution < -0.4 is 0 Å². The Morgan fingerprint density at radius 3 is 2.92 bits per heavy atom. The summed E-state index contributed by atoms with van der Waals surface area (Å²) < 4.78 is 5.93. The molecule has 3 heteroatoms. The van der Waals surface area contributed by atoms with Crippen molar-refractivity contribution in [3.8, 4) is 0 Å². The molecule has 0 aromatic rings. The lowest BCUT2D eigenvalue weighted by atomic mass is 9.72. The quantitative estimate of drug-likeness (QED) is 0.541. The SMILES string of the molecule is CCCCCCC/C=C/[C@@H]1O[C@@]2(O)C(=O)C=C3C=CC[C@H]3[C@@H]2C=C1C. The molecule has 0 aromatic carbocycles. The zero-order chi connectivity index (χ0) is 17.9. The molecule has 0 aromatic heterocycles. The molecular formula is C22H30O3. The third kappa shape index (κ3) is 3.73. The van der Waals surface area contributed by atoms with Crippen molar-refractivity contribution in [3.63, 3.8) is 0 Å².